The average Bonchev–Trinajstić information content (AvgIpc) is 2.04. The van der Waals surface area contributed by atoms with Crippen molar-refractivity contribution in [3.63, 3.8) is 0 Å². The molecule has 12 heavy (non-hydrogen) atoms. The molecule has 0 aromatic carbocycles. The van der Waals surface area contributed by atoms with Crippen molar-refractivity contribution in [3.8, 4) is 0 Å². The summed E-state index contributed by atoms with van der Waals surface area (Å²) in [7, 11) is 2.23. The minimum absolute atomic E-state index is 0.683. The van der Waals surface area contributed by atoms with E-state index in [0.717, 1.165) is 5.92 Å². The van der Waals surface area contributed by atoms with E-state index in [-0.39, 0.29) is 0 Å². The largest absolute Gasteiger partial charge is 0.299 e. The second kappa shape index (κ2) is 3.06. The summed E-state index contributed by atoms with van der Waals surface area (Å²) in [6.45, 7) is 3.46. The molecule has 1 saturated heterocycles. The third-order valence-electron chi connectivity index (χ3n) is 3.03. The highest BCUT2D eigenvalue weighted by Crippen LogP contribution is 2.28. The molecule has 1 nitrogen and oxygen atoms in total. The van der Waals surface area contributed by atoms with Crippen LogP contribution in [-0.2, 0) is 0 Å². The van der Waals surface area contributed by atoms with Gasteiger partial charge < -0.3 is 0 Å². The Balaban J connectivity index is 2.17. The molecule has 2 aliphatic rings. The quantitative estimate of drug-likeness (QED) is 0.529. The van der Waals surface area contributed by atoms with Gasteiger partial charge in [0, 0.05) is 6.04 Å². The van der Waals surface area contributed by atoms with E-state index in [2.05, 4.69) is 37.1 Å². The molecule has 1 heteroatoms. The minimum atomic E-state index is 0.683. The number of likely N-dealkylation sites (tertiary alicyclic amines) is 1. The first kappa shape index (κ1) is 8.06. The highest BCUT2D eigenvalue weighted by molar-refractivity contribution is 5.26. The first-order valence-electron chi connectivity index (χ1n) is 4.84. The van der Waals surface area contributed by atoms with Crippen LogP contribution >= 0.6 is 0 Å². The Morgan fingerprint density at radius 3 is 3.17 bits per heavy atom. The molecule has 0 amide bonds. The van der Waals surface area contributed by atoms with E-state index < -0.39 is 0 Å². The van der Waals surface area contributed by atoms with Crippen molar-refractivity contribution >= 4 is 0 Å². The van der Waals surface area contributed by atoms with Crippen LogP contribution in [0.25, 0.3) is 0 Å². The number of allylic oxidation sites excluding steroid dienone is 2. The van der Waals surface area contributed by atoms with Gasteiger partial charge in [-0.2, -0.15) is 0 Å². The van der Waals surface area contributed by atoms with Crippen LogP contribution in [0.5, 0.6) is 0 Å². The highest BCUT2D eigenvalue weighted by Gasteiger charge is 2.26. The second-order valence-electron chi connectivity index (χ2n) is 4.05. The number of rotatable bonds is 0. The summed E-state index contributed by atoms with van der Waals surface area (Å²) in [5, 5.41) is 0. The van der Waals surface area contributed by atoms with Gasteiger partial charge in [0.2, 0.25) is 0 Å². The van der Waals surface area contributed by atoms with Crippen molar-refractivity contribution in [1.29, 1.82) is 0 Å². The number of nitrogens with zero attached hydrogens (tertiary/aromatic N) is 1. The lowest BCUT2D eigenvalue weighted by Crippen LogP contribution is -2.41. The summed E-state index contributed by atoms with van der Waals surface area (Å²) in [6, 6.07) is 0.683. The van der Waals surface area contributed by atoms with E-state index in [1.165, 1.54) is 25.0 Å². The SMILES string of the molecule is CC1=CC2CCCN(C)C2C=C1. The fourth-order valence-electron chi connectivity index (χ4n) is 2.34. The van der Waals surface area contributed by atoms with Gasteiger partial charge in [0.25, 0.3) is 0 Å². The van der Waals surface area contributed by atoms with Crippen molar-refractivity contribution in [2.45, 2.75) is 25.8 Å². The van der Waals surface area contributed by atoms with E-state index in [4.69, 9.17) is 0 Å². The third-order valence-corrected chi connectivity index (χ3v) is 3.03. The van der Waals surface area contributed by atoms with Crippen molar-refractivity contribution in [1.82, 2.24) is 4.90 Å². The first-order chi connectivity index (χ1) is 5.77. The molecule has 0 aromatic heterocycles. The van der Waals surface area contributed by atoms with E-state index in [9.17, 15) is 0 Å². The Bertz CT molecular complexity index is 227. The van der Waals surface area contributed by atoms with Crippen LogP contribution in [0.15, 0.2) is 23.8 Å². The van der Waals surface area contributed by atoms with Crippen LogP contribution in [0, 0.1) is 5.92 Å². The Morgan fingerprint density at radius 1 is 1.50 bits per heavy atom. The fourth-order valence-corrected chi connectivity index (χ4v) is 2.34. The summed E-state index contributed by atoms with van der Waals surface area (Å²) in [6.07, 6.45) is 9.77. The summed E-state index contributed by atoms with van der Waals surface area (Å²) in [4.78, 5) is 2.47. The van der Waals surface area contributed by atoms with E-state index in [1.807, 2.05) is 0 Å². The molecule has 2 atom stereocenters. The maximum atomic E-state index is 2.47. The van der Waals surface area contributed by atoms with Crippen LogP contribution in [0.2, 0.25) is 0 Å². The topological polar surface area (TPSA) is 3.24 Å². The Kier molecular flexibility index (Phi) is 2.05. The molecule has 2 unspecified atom stereocenters. The van der Waals surface area contributed by atoms with Gasteiger partial charge in [-0.15, -0.1) is 0 Å². The van der Waals surface area contributed by atoms with Gasteiger partial charge in [0.05, 0.1) is 0 Å². The predicted octanol–water partition coefficient (Wildman–Crippen LogP) is 2.21. The highest BCUT2D eigenvalue weighted by atomic mass is 15.1. The van der Waals surface area contributed by atoms with Crippen LogP contribution in [0.1, 0.15) is 19.8 Å². The zero-order valence-electron chi connectivity index (χ0n) is 7.96. The molecule has 66 valence electrons. The maximum Gasteiger partial charge on any atom is 0.0341 e. The summed E-state index contributed by atoms with van der Waals surface area (Å²) < 4.78 is 0. The van der Waals surface area contributed by atoms with Crippen molar-refractivity contribution in [2.75, 3.05) is 13.6 Å². The molecule has 0 spiro atoms. The fraction of sp³-hybridized carbons (Fsp3) is 0.636. The van der Waals surface area contributed by atoms with Gasteiger partial charge in [-0.05, 0) is 39.3 Å². The molecular formula is C11H17N. The molecule has 0 N–H and O–H groups in total. The molecule has 2 rings (SSSR count). The molecule has 1 aliphatic carbocycles. The Labute approximate surface area is 74.8 Å². The summed E-state index contributed by atoms with van der Waals surface area (Å²) in [5.41, 5.74) is 1.44. The molecule has 0 radical (unpaired) electrons. The van der Waals surface area contributed by atoms with E-state index in [0.29, 0.717) is 6.04 Å². The number of likely N-dealkylation sites (N-methyl/N-ethyl adjacent to an activating group) is 1. The lowest BCUT2D eigenvalue weighted by Gasteiger charge is -2.37. The maximum absolute atomic E-state index is 2.47. The van der Waals surface area contributed by atoms with Crippen LogP contribution in [0.4, 0.5) is 0 Å². The van der Waals surface area contributed by atoms with Crippen LogP contribution in [0.3, 0.4) is 0 Å². The van der Waals surface area contributed by atoms with Crippen molar-refractivity contribution < 1.29 is 0 Å². The molecular weight excluding hydrogens is 146 g/mol. The smallest absolute Gasteiger partial charge is 0.0341 e. The van der Waals surface area contributed by atoms with E-state index >= 15 is 0 Å². The average molecular weight is 163 g/mol. The monoisotopic (exact) mass is 163 g/mol. The van der Waals surface area contributed by atoms with Gasteiger partial charge in [-0.3, -0.25) is 4.90 Å². The van der Waals surface area contributed by atoms with Crippen LogP contribution in [-0.4, -0.2) is 24.5 Å². The van der Waals surface area contributed by atoms with Crippen molar-refractivity contribution in [2.24, 2.45) is 5.92 Å². The molecule has 1 heterocycles. The van der Waals surface area contributed by atoms with Gasteiger partial charge in [-0.25, -0.2) is 0 Å². The van der Waals surface area contributed by atoms with E-state index in [1.54, 1.807) is 0 Å². The Morgan fingerprint density at radius 2 is 2.33 bits per heavy atom. The molecule has 0 bridgehead atoms. The van der Waals surface area contributed by atoms with Gasteiger partial charge in [0.15, 0.2) is 0 Å². The minimum Gasteiger partial charge on any atom is -0.299 e. The van der Waals surface area contributed by atoms with Gasteiger partial charge in [0.1, 0.15) is 0 Å². The second-order valence-corrected chi connectivity index (χ2v) is 4.05. The number of hydrogen-bond acceptors (Lipinski definition) is 1. The summed E-state index contributed by atoms with van der Waals surface area (Å²) in [5.74, 6) is 0.786. The zero-order chi connectivity index (χ0) is 8.55. The molecule has 0 saturated carbocycles. The number of fused-ring (bicyclic) bond motifs is 1. The number of piperidine rings is 1. The lowest BCUT2D eigenvalue weighted by atomic mass is 9.84. The zero-order valence-corrected chi connectivity index (χ0v) is 7.96. The standard InChI is InChI=1S/C11H17N/c1-9-5-6-11-10(8-9)4-3-7-12(11)2/h5-6,8,10-11H,3-4,7H2,1-2H3. The molecule has 1 aliphatic heterocycles. The lowest BCUT2D eigenvalue weighted by molar-refractivity contribution is 0.179. The Hall–Kier alpha value is -0.560. The molecule has 0 aromatic rings. The predicted molar refractivity (Wildman–Crippen MR) is 52.0 cm³/mol. The summed E-state index contributed by atoms with van der Waals surface area (Å²) >= 11 is 0. The first-order valence-corrected chi connectivity index (χ1v) is 4.84. The van der Waals surface area contributed by atoms with Crippen molar-refractivity contribution in [3.05, 3.63) is 23.8 Å². The number of hydrogen-bond donors (Lipinski definition) is 0. The third kappa shape index (κ3) is 1.34. The van der Waals surface area contributed by atoms with Gasteiger partial charge >= 0.3 is 0 Å². The normalized spacial score (nSPS) is 36.0. The van der Waals surface area contributed by atoms with Crippen LogP contribution < -0.4 is 0 Å². The molecule has 1 fully saturated rings. The van der Waals surface area contributed by atoms with Gasteiger partial charge in [-0.1, -0.05) is 23.8 Å².